The van der Waals surface area contributed by atoms with E-state index in [1.54, 1.807) is 36.4 Å². The minimum absolute atomic E-state index is 0.144. The lowest BCUT2D eigenvalue weighted by atomic mass is 10.2. The lowest BCUT2D eigenvalue weighted by molar-refractivity contribution is -0.124. The van der Waals surface area contributed by atoms with Crippen molar-refractivity contribution in [2.24, 2.45) is 0 Å². The fraction of sp³-hybridized carbons (Fsp3) is 0.211. The Morgan fingerprint density at radius 3 is 2.27 bits per heavy atom. The van der Waals surface area contributed by atoms with E-state index in [0.717, 1.165) is 0 Å². The van der Waals surface area contributed by atoms with Gasteiger partial charge in [0.15, 0.2) is 0 Å². The maximum absolute atomic E-state index is 11.9. The predicted octanol–water partition coefficient (Wildman–Crippen LogP) is 2.17. The van der Waals surface area contributed by atoms with E-state index in [0.29, 0.717) is 17.1 Å². The van der Waals surface area contributed by atoms with E-state index in [1.807, 2.05) is 18.2 Å². The van der Waals surface area contributed by atoms with Crippen molar-refractivity contribution in [3.63, 3.8) is 0 Å². The molecule has 7 heteroatoms. The van der Waals surface area contributed by atoms with Crippen molar-refractivity contribution in [1.82, 2.24) is 5.32 Å². The molecule has 0 aliphatic heterocycles. The topological polar surface area (TPSA) is 96.5 Å². The van der Waals surface area contributed by atoms with Gasteiger partial charge in [0.1, 0.15) is 5.75 Å². The number of rotatable bonds is 8. The van der Waals surface area contributed by atoms with Gasteiger partial charge < -0.3 is 20.7 Å². The summed E-state index contributed by atoms with van der Waals surface area (Å²) in [6.45, 7) is 1.49. The van der Waals surface area contributed by atoms with Gasteiger partial charge in [-0.3, -0.25) is 14.4 Å². The van der Waals surface area contributed by atoms with E-state index in [4.69, 9.17) is 4.74 Å². The van der Waals surface area contributed by atoms with Gasteiger partial charge in [-0.2, -0.15) is 0 Å². The van der Waals surface area contributed by atoms with E-state index in [2.05, 4.69) is 16.0 Å². The van der Waals surface area contributed by atoms with Gasteiger partial charge in [0.05, 0.1) is 19.6 Å². The molecule has 0 saturated carbocycles. The molecule has 0 aromatic heterocycles. The number of nitrogens with one attached hydrogen (secondary N) is 3. The number of para-hydroxylation sites is 1. The van der Waals surface area contributed by atoms with Crippen LogP contribution in [0.4, 0.5) is 11.4 Å². The van der Waals surface area contributed by atoms with Crippen LogP contribution in [-0.4, -0.2) is 30.9 Å². The molecule has 0 bridgehead atoms. The van der Waals surface area contributed by atoms with Gasteiger partial charge in [0, 0.05) is 18.3 Å². The monoisotopic (exact) mass is 355 g/mol. The third kappa shape index (κ3) is 7.04. The Morgan fingerprint density at radius 2 is 1.58 bits per heavy atom. The smallest absolute Gasteiger partial charge is 0.243 e. The molecule has 0 fully saturated rings. The van der Waals surface area contributed by atoms with Crippen molar-refractivity contribution >= 4 is 29.1 Å². The lowest BCUT2D eigenvalue weighted by Crippen LogP contribution is -2.33. The second-order valence-electron chi connectivity index (χ2n) is 5.50. The van der Waals surface area contributed by atoms with Crippen LogP contribution in [0.15, 0.2) is 54.6 Å². The molecule has 0 unspecified atom stereocenters. The predicted molar refractivity (Wildman–Crippen MR) is 98.9 cm³/mol. The standard InChI is InChI=1S/C19H21N3O4/c1-14(23)21-15-6-5-7-16(12-15)22-19(25)13-20-18(24)10-11-26-17-8-3-2-4-9-17/h2-9,12H,10-11,13H2,1H3,(H,20,24)(H,21,23)(H,22,25). The van der Waals surface area contributed by atoms with Crippen LogP contribution in [0.3, 0.4) is 0 Å². The summed E-state index contributed by atoms with van der Waals surface area (Å²) in [5, 5.41) is 7.82. The number of ether oxygens (including phenoxy) is 1. The first-order valence-electron chi connectivity index (χ1n) is 8.15. The number of anilines is 2. The zero-order chi connectivity index (χ0) is 18.8. The third-order valence-corrected chi connectivity index (χ3v) is 3.25. The number of amides is 3. The summed E-state index contributed by atoms with van der Waals surface area (Å²) in [6, 6.07) is 15.9. The zero-order valence-corrected chi connectivity index (χ0v) is 14.5. The van der Waals surface area contributed by atoms with Crippen LogP contribution in [0.25, 0.3) is 0 Å². The van der Waals surface area contributed by atoms with E-state index in [1.165, 1.54) is 6.92 Å². The zero-order valence-electron chi connectivity index (χ0n) is 14.5. The van der Waals surface area contributed by atoms with Crippen molar-refractivity contribution in [3.8, 4) is 5.75 Å². The van der Waals surface area contributed by atoms with Crippen molar-refractivity contribution in [2.75, 3.05) is 23.8 Å². The maximum atomic E-state index is 11.9. The van der Waals surface area contributed by atoms with Crippen molar-refractivity contribution in [1.29, 1.82) is 0 Å². The highest BCUT2D eigenvalue weighted by Crippen LogP contribution is 2.14. The van der Waals surface area contributed by atoms with Crippen LogP contribution in [-0.2, 0) is 14.4 Å². The molecular formula is C19H21N3O4. The van der Waals surface area contributed by atoms with Crippen LogP contribution >= 0.6 is 0 Å². The molecule has 2 aromatic rings. The second-order valence-corrected chi connectivity index (χ2v) is 5.50. The molecule has 26 heavy (non-hydrogen) atoms. The average molecular weight is 355 g/mol. The number of carbonyl (C=O) groups excluding carboxylic acids is 3. The Morgan fingerprint density at radius 1 is 0.885 bits per heavy atom. The summed E-state index contributed by atoms with van der Waals surface area (Å²) >= 11 is 0. The number of carbonyl (C=O) groups is 3. The molecular weight excluding hydrogens is 334 g/mol. The number of benzene rings is 2. The molecule has 0 heterocycles. The van der Waals surface area contributed by atoms with Crippen LogP contribution in [0.2, 0.25) is 0 Å². The van der Waals surface area contributed by atoms with Gasteiger partial charge in [-0.1, -0.05) is 24.3 Å². The fourth-order valence-corrected chi connectivity index (χ4v) is 2.13. The first-order chi connectivity index (χ1) is 12.5. The molecule has 0 aliphatic rings. The molecule has 0 saturated heterocycles. The first kappa shape index (κ1) is 19.0. The lowest BCUT2D eigenvalue weighted by Gasteiger charge is -2.09. The molecule has 136 valence electrons. The summed E-state index contributed by atoms with van der Waals surface area (Å²) in [6.07, 6.45) is 0.153. The van der Waals surface area contributed by atoms with Crippen molar-refractivity contribution in [2.45, 2.75) is 13.3 Å². The van der Waals surface area contributed by atoms with Crippen LogP contribution in [0, 0.1) is 0 Å². The fourth-order valence-electron chi connectivity index (χ4n) is 2.13. The van der Waals surface area contributed by atoms with Crippen LogP contribution in [0.5, 0.6) is 5.75 Å². The molecule has 7 nitrogen and oxygen atoms in total. The minimum atomic E-state index is -0.359. The second kappa shape index (κ2) is 9.83. The van der Waals surface area contributed by atoms with E-state index in [9.17, 15) is 14.4 Å². The van der Waals surface area contributed by atoms with Crippen LogP contribution in [0.1, 0.15) is 13.3 Å². The molecule has 3 amide bonds. The Kier molecular flexibility index (Phi) is 7.17. The van der Waals surface area contributed by atoms with Crippen molar-refractivity contribution < 1.29 is 19.1 Å². The summed E-state index contributed by atoms with van der Waals surface area (Å²) < 4.78 is 5.43. The van der Waals surface area contributed by atoms with Gasteiger partial charge in [-0.05, 0) is 30.3 Å². The highest BCUT2D eigenvalue weighted by Gasteiger charge is 2.07. The highest BCUT2D eigenvalue weighted by molar-refractivity contribution is 5.95. The summed E-state index contributed by atoms with van der Waals surface area (Å²) in [7, 11) is 0. The highest BCUT2D eigenvalue weighted by atomic mass is 16.5. The van der Waals surface area contributed by atoms with Gasteiger partial charge in [0.2, 0.25) is 17.7 Å². The Balaban J connectivity index is 1.69. The molecule has 0 atom stereocenters. The largest absolute Gasteiger partial charge is 0.493 e. The molecule has 0 radical (unpaired) electrons. The normalized spacial score (nSPS) is 9.88. The molecule has 0 aliphatic carbocycles. The summed E-state index contributed by atoms with van der Waals surface area (Å²) in [4.78, 5) is 34.7. The van der Waals surface area contributed by atoms with Crippen molar-refractivity contribution in [3.05, 3.63) is 54.6 Å². The van der Waals surface area contributed by atoms with Gasteiger partial charge in [0.25, 0.3) is 0 Å². The Hall–Kier alpha value is -3.35. The quantitative estimate of drug-likeness (QED) is 0.676. The Bertz CT molecular complexity index is 762. The number of hydrogen-bond acceptors (Lipinski definition) is 4. The maximum Gasteiger partial charge on any atom is 0.243 e. The van der Waals surface area contributed by atoms with E-state index >= 15 is 0 Å². The van der Waals surface area contributed by atoms with Gasteiger partial charge in [-0.15, -0.1) is 0 Å². The van der Waals surface area contributed by atoms with Gasteiger partial charge >= 0.3 is 0 Å². The summed E-state index contributed by atoms with van der Waals surface area (Å²) in [5.74, 6) is -0.138. The van der Waals surface area contributed by atoms with Gasteiger partial charge in [-0.25, -0.2) is 0 Å². The van der Waals surface area contributed by atoms with E-state index in [-0.39, 0.29) is 37.3 Å². The first-order valence-corrected chi connectivity index (χ1v) is 8.15. The molecule has 2 aromatic carbocycles. The molecule has 3 N–H and O–H groups in total. The average Bonchev–Trinajstić information content (AvgIpc) is 2.61. The summed E-state index contributed by atoms with van der Waals surface area (Å²) in [5.41, 5.74) is 1.11. The minimum Gasteiger partial charge on any atom is -0.493 e. The third-order valence-electron chi connectivity index (χ3n) is 3.25. The van der Waals surface area contributed by atoms with E-state index < -0.39 is 0 Å². The molecule has 2 rings (SSSR count). The Labute approximate surface area is 151 Å². The SMILES string of the molecule is CC(=O)Nc1cccc(NC(=O)CNC(=O)CCOc2ccccc2)c1. The molecule has 0 spiro atoms. The number of hydrogen-bond donors (Lipinski definition) is 3. The van der Waals surface area contributed by atoms with Crippen LogP contribution < -0.4 is 20.7 Å².